The Hall–Kier alpha value is -1.68. The van der Waals surface area contributed by atoms with E-state index in [0.29, 0.717) is 43.8 Å². The Balaban J connectivity index is 1.49. The van der Waals surface area contributed by atoms with Crippen molar-refractivity contribution in [2.45, 2.75) is 50.1 Å². The van der Waals surface area contributed by atoms with Gasteiger partial charge in [-0.15, -0.1) is 0 Å². The maximum Gasteiger partial charge on any atom is 0.241 e. The molecule has 2 atom stereocenters. The monoisotopic (exact) mass is 470 g/mol. The number of nitrogens with zero attached hydrogens (tertiary/aromatic N) is 3. The number of piperazine rings is 1. The Morgan fingerprint density at radius 1 is 1.10 bits per heavy atom. The standard InChI is InChI=1S/C21H31ClN4O4S/c1-16-5-3-4-10-26(16)20(27)15-24-11-13-25(14-12-24)21(28)17(2)23-31(29,30)19-8-6-18(22)7-9-19/h6-9,16-17,23H,3-5,10-15H2,1-2H3/t16?,17-/m0/s1. The Morgan fingerprint density at radius 2 is 1.74 bits per heavy atom. The summed E-state index contributed by atoms with van der Waals surface area (Å²) in [5.41, 5.74) is 0. The van der Waals surface area contributed by atoms with Gasteiger partial charge in [0, 0.05) is 43.8 Å². The number of carbonyl (C=O) groups is 2. The van der Waals surface area contributed by atoms with E-state index in [-0.39, 0.29) is 16.7 Å². The van der Waals surface area contributed by atoms with E-state index in [9.17, 15) is 18.0 Å². The van der Waals surface area contributed by atoms with Gasteiger partial charge < -0.3 is 9.80 Å². The van der Waals surface area contributed by atoms with Crippen LogP contribution in [0.1, 0.15) is 33.1 Å². The van der Waals surface area contributed by atoms with Crippen LogP contribution in [-0.2, 0) is 19.6 Å². The van der Waals surface area contributed by atoms with Gasteiger partial charge in [0.1, 0.15) is 0 Å². The van der Waals surface area contributed by atoms with Crippen molar-refractivity contribution < 1.29 is 18.0 Å². The fourth-order valence-corrected chi connectivity index (χ4v) is 5.44. The summed E-state index contributed by atoms with van der Waals surface area (Å²) in [5, 5.41) is 0.439. The van der Waals surface area contributed by atoms with E-state index in [2.05, 4.69) is 16.5 Å². The van der Waals surface area contributed by atoms with E-state index in [1.165, 1.54) is 30.7 Å². The molecule has 8 nitrogen and oxygen atoms in total. The van der Waals surface area contributed by atoms with Gasteiger partial charge in [-0.25, -0.2) is 8.42 Å². The summed E-state index contributed by atoms with van der Waals surface area (Å²) in [6, 6.07) is 5.20. The van der Waals surface area contributed by atoms with Crippen LogP contribution in [0.4, 0.5) is 0 Å². The van der Waals surface area contributed by atoms with Crippen molar-refractivity contribution in [2.24, 2.45) is 0 Å². The van der Waals surface area contributed by atoms with Crippen LogP contribution in [0.15, 0.2) is 29.2 Å². The van der Waals surface area contributed by atoms with Crippen molar-refractivity contribution in [2.75, 3.05) is 39.3 Å². The SMILES string of the molecule is CC1CCCCN1C(=O)CN1CCN(C(=O)[C@H](C)NS(=O)(=O)c2ccc(Cl)cc2)CC1. The highest BCUT2D eigenvalue weighted by molar-refractivity contribution is 7.89. The molecule has 0 bridgehead atoms. The van der Waals surface area contributed by atoms with Crippen LogP contribution in [0.2, 0.25) is 5.02 Å². The highest BCUT2D eigenvalue weighted by Gasteiger charge is 2.30. The molecule has 1 unspecified atom stereocenters. The lowest BCUT2D eigenvalue weighted by atomic mass is 10.0. The maximum atomic E-state index is 12.8. The third kappa shape index (κ3) is 6.19. The number of rotatable bonds is 6. The number of carbonyl (C=O) groups excluding carboxylic acids is 2. The molecule has 172 valence electrons. The van der Waals surface area contributed by atoms with Crippen LogP contribution in [-0.4, -0.2) is 86.3 Å². The van der Waals surface area contributed by atoms with Gasteiger partial charge in [-0.1, -0.05) is 11.6 Å². The first kappa shape index (κ1) is 24.0. The minimum absolute atomic E-state index is 0.0619. The number of sulfonamides is 1. The lowest BCUT2D eigenvalue weighted by Crippen LogP contribution is -2.56. The molecule has 10 heteroatoms. The van der Waals surface area contributed by atoms with Gasteiger partial charge in [0.25, 0.3) is 0 Å². The van der Waals surface area contributed by atoms with Crippen molar-refractivity contribution >= 4 is 33.4 Å². The molecule has 0 aromatic heterocycles. The third-order valence-electron chi connectivity index (χ3n) is 5.99. The van der Waals surface area contributed by atoms with Crippen LogP contribution >= 0.6 is 11.6 Å². The quantitative estimate of drug-likeness (QED) is 0.681. The summed E-state index contributed by atoms with van der Waals surface area (Å²) >= 11 is 5.81. The molecular weight excluding hydrogens is 440 g/mol. The zero-order valence-corrected chi connectivity index (χ0v) is 19.7. The lowest BCUT2D eigenvalue weighted by molar-refractivity contribution is -0.137. The minimum Gasteiger partial charge on any atom is -0.339 e. The fourth-order valence-electron chi connectivity index (χ4n) is 4.12. The number of piperidine rings is 1. The van der Waals surface area contributed by atoms with Gasteiger partial charge >= 0.3 is 0 Å². The van der Waals surface area contributed by atoms with Crippen molar-refractivity contribution in [3.63, 3.8) is 0 Å². The summed E-state index contributed by atoms with van der Waals surface area (Å²) in [6.45, 7) is 6.95. The predicted octanol–water partition coefficient (Wildman–Crippen LogP) is 1.55. The minimum atomic E-state index is -3.82. The third-order valence-corrected chi connectivity index (χ3v) is 7.80. The van der Waals surface area contributed by atoms with E-state index in [1.807, 2.05) is 4.90 Å². The number of amides is 2. The summed E-state index contributed by atoms with van der Waals surface area (Å²) in [7, 11) is -3.82. The Morgan fingerprint density at radius 3 is 2.35 bits per heavy atom. The van der Waals surface area contributed by atoms with Gasteiger partial charge in [0.05, 0.1) is 17.5 Å². The second-order valence-corrected chi connectivity index (χ2v) is 10.5. The largest absolute Gasteiger partial charge is 0.339 e. The number of hydrogen-bond donors (Lipinski definition) is 1. The summed E-state index contributed by atoms with van der Waals surface area (Å²) in [5.74, 6) is -0.121. The molecule has 3 rings (SSSR count). The van der Waals surface area contributed by atoms with Gasteiger partial charge in [0.2, 0.25) is 21.8 Å². The molecule has 1 aromatic rings. The molecule has 0 saturated carbocycles. The van der Waals surface area contributed by atoms with Gasteiger partial charge in [-0.3, -0.25) is 14.5 Å². The molecule has 31 heavy (non-hydrogen) atoms. The molecular formula is C21H31ClN4O4S. The predicted molar refractivity (Wildman–Crippen MR) is 119 cm³/mol. The Kier molecular flexibility index (Phi) is 7.96. The topological polar surface area (TPSA) is 90.0 Å². The Labute approximate surface area is 189 Å². The average Bonchev–Trinajstić information content (AvgIpc) is 2.74. The summed E-state index contributed by atoms with van der Waals surface area (Å²) in [6.07, 6.45) is 3.28. The van der Waals surface area contributed by atoms with Gasteiger partial charge in [-0.05, 0) is 57.4 Å². The van der Waals surface area contributed by atoms with Crippen molar-refractivity contribution in [3.8, 4) is 0 Å². The van der Waals surface area contributed by atoms with Crippen LogP contribution in [0.5, 0.6) is 0 Å². The van der Waals surface area contributed by atoms with Crippen molar-refractivity contribution in [1.29, 1.82) is 0 Å². The highest BCUT2D eigenvalue weighted by Crippen LogP contribution is 2.17. The lowest BCUT2D eigenvalue weighted by Gasteiger charge is -2.38. The fraction of sp³-hybridized carbons (Fsp3) is 0.619. The van der Waals surface area contributed by atoms with Crippen molar-refractivity contribution in [1.82, 2.24) is 19.4 Å². The van der Waals surface area contributed by atoms with E-state index in [1.54, 1.807) is 11.8 Å². The van der Waals surface area contributed by atoms with Crippen molar-refractivity contribution in [3.05, 3.63) is 29.3 Å². The van der Waals surface area contributed by atoms with E-state index >= 15 is 0 Å². The summed E-state index contributed by atoms with van der Waals surface area (Å²) in [4.78, 5) is 31.1. The molecule has 2 aliphatic heterocycles. The first-order valence-electron chi connectivity index (χ1n) is 10.8. The molecule has 0 radical (unpaired) electrons. The van der Waals surface area contributed by atoms with Gasteiger partial charge in [-0.2, -0.15) is 4.72 Å². The number of hydrogen-bond acceptors (Lipinski definition) is 5. The van der Waals surface area contributed by atoms with E-state index in [0.717, 1.165) is 19.4 Å². The van der Waals surface area contributed by atoms with Crippen LogP contribution in [0.25, 0.3) is 0 Å². The zero-order chi connectivity index (χ0) is 22.6. The molecule has 2 heterocycles. The molecule has 1 N–H and O–H groups in total. The van der Waals surface area contributed by atoms with Gasteiger partial charge in [0.15, 0.2) is 0 Å². The molecule has 0 spiro atoms. The number of benzene rings is 1. The number of halogens is 1. The van der Waals surface area contributed by atoms with E-state index in [4.69, 9.17) is 11.6 Å². The molecule has 2 aliphatic rings. The molecule has 2 saturated heterocycles. The molecule has 0 aliphatic carbocycles. The molecule has 2 fully saturated rings. The summed E-state index contributed by atoms with van der Waals surface area (Å²) < 4.78 is 27.5. The zero-order valence-electron chi connectivity index (χ0n) is 18.1. The number of nitrogens with one attached hydrogen (secondary N) is 1. The van der Waals surface area contributed by atoms with Crippen LogP contribution in [0.3, 0.4) is 0 Å². The number of likely N-dealkylation sites (tertiary alicyclic amines) is 1. The Bertz CT molecular complexity index is 885. The first-order valence-corrected chi connectivity index (χ1v) is 12.6. The normalized spacial score (nSPS) is 21.7. The maximum absolute atomic E-state index is 12.8. The van der Waals surface area contributed by atoms with Crippen LogP contribution in [0, 0.1) is 0 Å². The second-order valence-electron chi connectivity index (χ2n) is 8.33. The van der Waals surface area contributed by atoms with Crippen LogP contribution < -0.4 is 4.72 Å². The second kappa shape index (κ2) is 10.3. The van der Waals surface area contributed by atoms with E-state index < -0.39 is 16.1 Å². The molecule has 2 amide bonds. The molecule has 1 aromatic carbocycles. The average molecular weight is 471 g/mol. The highest BCUT2D eigenvalue weighted by atomic mass is 35.5. The smallest absolute Gasteiger partial charge is 0.241 e. The first-order chi connectivity index (χ1) is 14.7.